The summed E-state index contributed by atoms with van der Waals surface area (Å²) in [5.74, 6) is -1.72. The van der Waals surface area contributed by atoms with Crippen LogP contribution in [-0.4, -0.2) is 47.2 Å². The Bertz CT molecular complexity index is 1720. The fourth-order valence-corrected chi connectivity index (χ4v) is 6.53. The number of ether oxygens (including phenoxy) is 1. The third-order valence-electron chi connectivity index (χ3n) is 8.92. The Kier molecular flexibility index (Phi) is 9.16. The van der Waals surface area contributed by atoms with Crippen molar-refractivity contribution in [3.63, 3.8) is 0 Å². The van der Waals surface area contributed by atoms with E-state index in [2.05, 4.69) is 5.32 Å². The van der Waals surface area contributed by atoms with E-state index in [4.69, 9.17) is 4.74 Å². The van der Waals surface area contributed by atoms with Gasteiger partial charge in [-0.1, -0.05) is 140 Å². The number of nitrogens with one attached hydrogen (secondary N) is 1. The standard InChI is InChI=1S/C40H36N2O5/c1-28(38(44)45)42(39(46)47-27-36-34-23-13-11-21-32(34)33-22-12-14-24-35(33)36)26-25-37(43)41-40(29-15-5-2-6-16-29,30-17-7-3-8-18-30)31-19-9-4-10-20-31/h2-24,28,36H,25-27H2,1H3,(H,41,43)(H,44,45)/t28-/m1/s1. The van der Waals surface area contributed by atoms with E-state index in [1.165, 1.54) is 6.92 Å². The predicted molar refractivity (Wildman–Crippen MR) is 181 cm³/mol. The van der Waals surface area contributed by atoms with E-state index >= 15 is 0 Å². The molecule has 236 valence electrons. The largest absolute Gasteiger partial charge is 0.480 e. The van der Waals surface area contributed by atoms with Crippen LogP contribution in [0.1, 0.15) is 47.1 Å². The number of carboxylic acids is 1. The molecule has 6 rings (SSSR count). The Balaban J connectivity index is 1.23. The van der Waals surface area contributed by atoms with Crippen LogP contribution < -0.4 is 5.32 Å². The van der Waals surface area contributed by atoms with Crippen molar-refractivity contribution in [3.8, 4) is 11.1 Å². The fourth-order valence-electron chi connectivity index (χ4n) is 6.53. The molecular formula is C40H36N2O5. The number of amides is 2. The average molecular weight is 625 g/mol. The van der Waals surface area contributed by atoms with Gasteiger partial charge in [-0.3, -0.25) is 9.69 Å². The minimum Gasteiger partial charge on any atom is -0.480 e. The van der Waals surface area contributed by atoms with E-state index in [0.717, 1.165) is 43.8 Å². The maximum Gasteiger partial charge on any atom is 0.410 e. The summed E-state index contributed by atoms with van der Waals surface area (Å²) in [6, 6.07) is 43.9. The second-order valence-corrected chi connectivity index (χ2v) is 11.7. The van der Waals surface area contributed by atoms with Gasteiger partial charge in [0.1, 0.15) is 18.2 Å². The summed E-state index contributed by atoms with van der Waals surface area (Å²) in [4.78, 5) is 40.7. The monoisotopic (exact) mass is 624 g/mol. The highest BCUT2D eigenvalue weighted by Crippen LogP contribution is 2.44. The van der Waals surface area contributed by atoms with Crippen molar-refractivity contribution in [2.45, 2.75) is 30.8 Å². The normalized spacial score (nSPS) is 12.8. The lowest BCUT2D eigenvalue weighted by molar-refractivity contribution is -0.142. The highest BCUT2D eigenvalue weighted by Gasteiger charge is 2.38. The first-order valence-corrected chi connectivity index (χ1v) is 15.7. The molecule has 0 unspecified atom stereocenters. The Morgan fingerprint density at radius 1 is 0.702 bits per heavy atom. The van der Waals surface area contributed by atoms with Gasteiger partial charge in [-0.2, -0.15) is 0 Å². The van der Waals surface area contributed by atoms with Crippen LogP contribution in [-0.2, 0) is 19.9 Å². The first-order chi connectivity index (χ1) is 22.9. The fraction of sp³-hybridized carbons (Fsp3) is 0.175. The van der Waals surface area contributed by atoms with Gasteiger partial charge in [0.05, 0.1) is 0 Å². The molecule has 2 amide bonds. The second kappa shape index (κ2) is 13.7. The molecule has 1 aliphatic rings. The molecule has 7 heteroatoms. The Morgan fingerprint density at radius 2 is 1.13 bits per heavy atom. The maximum absolute atomic E-state index is 13.9. The second-order valence-electron chi connectivity index (χ2n) is 11.7. The molecule has 0 saturated carbocycles. The Labute approximate surface area is 274 Å². The van der Waals surface area contributed by atoms with Crippen LogP contribution in [0.25, 0.3) is 11.1 Å². The summed E-state index contributed by atoms with van der Waals surface area (Å²) in [6.45, 7) is 1.31. The topological polar surface area (TPSA) is 95.9 Å². The maximum atomic E-state index is 13.9. The zero-order valence-corrected chi connectivity index (χ0v) is 26.1. The summed E-state index contributed by atoms with van der Waals surface area (Å²) in [6.07, 6.45) is -0.925. The van der Waals surface area contributed by atoms with Crippen LogP contribution >= 0.6 is 0 Å². The van der Waals surface area contributed by atoms with Crippen molar-refractivity contribution in [2.75, 3.05) is 13.2 Å². The molecule has 0 radical (unpaired) electrons. The van der Waals surface area contributed by atoms with Crippen LogP contribution in [0.3, 0.4) is 0 Å². The van der Waals surface area contributed by atoms with Gasteiger partial charge in [0.25, 0.3) is 0 Å². The van der Waals surface area contributed by atoms with Crippen molar-refractivity contribution < 1.29 is 24.2 Å². The smallest absolute Gasteiger partial charge is 0.410 e. The van der Waals surface area contributed by atoms with Crippen LogP contribution in [0.5, 0.6) is 0 Å². The number of nitrogens with zero attached hydrogens (tertiary/aromatic N) is 1. The summed E-state index contributed by atoms with van der Waals surface area (Å²) in [5.41, 5.74) is 5.84. The van der Waals surface area contributed by atoms with Gasteiger partial charge in [0, 0.05) is 18.9 Å². The highest BCUT2D eigenvalue weighted by molar-refractivity contribution is 5.83. The number of carboxylic acid groups (broad SMARTS) is 1. The van der Waals surface area contributed by atoms with Crippen LogP contribution in [0.2, 0.25) is 0 Å². The van der Waals surface area contributed by atoms with E-state index < -0.39 is 23.6 Å². The quantitative estimate of drug-likeness (QED) is 0.152. The number of aliphatic carboxylic acids is 1. The van der Waals surface area contributed by atoms with Gasteiger partial charge in [0.15, 0.2) is 0 Å². The van der Waals surface area contributed by atoms with Crippen molar-refractivity contribution in [2.24, 2.45) is 0 Å². The number of fused-ring (bicyclic) bond motifs is 3. The lowest BCUT2D eigenvalue weighted by Crippen LogP contribution is -2.50. The number of benzene rings is 5. The molecule has 1 atom stereocenters. The predicted octanol–water partition coefficient (Wildman–Crippen LogP) is 7.21. The minimum absolute atomic E-state index is 0.0427. The van der Waals surface area contributed by atoms with Crippen LogP contribution in [0.15, 0.2) is 140 Å². The van der Waals surface area contributed by atoms with Crippen molar-refractivity contribution in [1.29, 1.82) is 0 Å². The molecule has 47 heavy (non-hydrogen) atoms. The molecule has 1 aliphatic carbocycles. The number of hydrogen-bond donors (Lipinski definition) is 2. The van der Waals surface area contributed by atoms with Gasteiger partial charge in [0.2, 0.25) is 5.91 Å². The lowest BCUT2D eigenvalue weighted by Gasteiger charge is -2.37. The molecule has 0 fully saturated rings. The van der Waals surface area contributed by atoms with Crippen molar-refractivity contribution in [1.82, 2.24) is 10.2 Å². The molecule has 0 heterocycles. The zero-order chi connectivity index (χ0) is 32.8. The molecule has 0 spiro atoms. The van der Waals surface area contributed by atoms with E-state index in [-0.39, 0.29) is 31.4 Å². The SMILES string of the molecule is C[C@H](C(=O)O)N(CCC(=O)NC(c1ccccc1)(c1ccccc1)c1ccccc1)C(=O)OCC1c2ccccc2-c2ccccc21. The summed E-state index contributed by atoms with van der Waals surface area (Å²) >= 11 is 0. The molecule has 0 saturated heterocycles. The van der Waals surface area contributed by atoms with Gasteiger partial charge < -0.3 is 15.2 Å². The number of rotatable bonds is 11. The number of carbonyl (C=O) groups excluding carboxylic acids is 2. The van der Waals surface area contributed by atoms with Gasteiger partial charge in [-0.05, 0) is 45.9 Å². The van der Waals surface area contributed by atoms with Gasteiger partial charge >= 0.3 is 12.1 Å². The highest BCUT2D eigenvalue weighted by atomic mass is 16.6. The molecule has 5 aromatic rings. The number of hydrogen-bond acceptors (Lipinski definition) is 4. The molecule has 0 aromatic heterocycles. The first kappa shape index (κ1) is 31.3. The summed E-state index contributed by atoms with van der Waals surface area (Å²) in [7, 11) is 0. The van der Waals surface area contributed by atoms with Gasteiger partial charge in [-0.25, -0.2) is 9.59 Å². The molecular weight excluding hydrogens is 588 g/mol. The van der Waals surface area contributed by atoms with E-state index in [0.29, 0.717) is 0 Å². The third-order valence-corrected chi connectivity index (χ3v) is 8.92. The minimum atomic E-state index is -1.21. The lowest BCUT2D eigenvalue weighted by atomic mass is 9.77. The molecule has 7 nitrogen and oxygen atoms in total. The Hall–Kier alpha value is -5.69. The molecule has 0 bridgehead atoms. The van der Waals surface area contributed by atoms with E-state index in [1.807, 2.05) is 140 Å². The summed E-state index contributed by atoms with van der Waals surface area (Å²) in [5, 5.41) is 13.2. The molecule has 5 aromatic carbocycles. The van der Waals surface area contributed by atoms with Gasteiger partial charge in [-0.15, -0.1) is 0 Å². The van der Waals surface area contributed by atoms with Crippen LogP contribution in [0.4, 0.5) is 4.79 Å². The summed E-state index contributed by atoms with van der Waals surface area (Å²) < 4.78 is 5.81. The molecule has 2 N–H and O–H groups in total. The molecule has 0 aliphatic heterocycles. The number of carbonyl (C=O) groups is 3. The third kappa shape index (κ3) is 6.25. The first-order valence-electron chi connectivity index (χ1n) is 15.7. The van der Waals surface area contributed by atoms with E-state index in [9.17, 15) is 19.5 Å². The van der Waals surface area contributed by atoms with Crippen LogP contribution in [0, 0.1) is 0 Å². The van der Waals surface area contributed by atoms with E-state index in [1.54, 1.807) is 0 Å². The van der Waals surface area contributed by atoms with Crippen molar-refractivity contribution in [3.05, 3.63) is 167 Å². The average Bonchev–Trinajstić information content (AvgIpc) is 3.44. The zero-order valence-electron chi connectivity index (χ0n) is 26.1. The van der Waals surface area contributed by atoms with Crippen molar-refractivity contribution >= 4 is 18.0 Å². The Morgan fingerprint density at radius 3 is 1.57 bits per heavy atom.